The van der Waals surface area contributed by atoms with Crippen LogP contribution in [0.25, 0.3) is 0 Å². The monoisotopic (exact) mass is 292 g/mol. The van der Waals surface area contributed by atoms with Gasteiger partial charge in [-0.3, -0.25) is 4.79 Å². The molecule has 110 valence electrons. The van der Waals surface area contributed by atoms with Crippen molar-refractivity contribution in [3.05, 3.63) is 29.6 Å². The molecule has 0 fully saturated rings. The fourth-order valence-corrected chi connectivity index (χ4v) is 1.17. The number of carboxylic acids is 1. The maximum absolute atomic E-state index is 11.7. The lowest BCUT2D eigenvalue weighted by atomic mass is 10.2. The molecule has 0 radical (unpaired) electrons. The predicted octanol–water partition coefficient (Wildman–Crippen LogP) is 0.975. The average molecular weight is 292 g/mol. The van der Waals surface area contributed by atoms with E-state index in [2.05, 4.69) is 15.0 Å². The third-order valence-electron chi connectivity index (χ3n) is 2.03. The van der Waals surface area contributed by atoms with E-state index in [0.717, 1.165) is 0 Å². The van der Waals surface area contributed by atoms with Gasteiger partial charge in [0.25, 0.3) is 0 Å². The molecular weight excluding hydrogens is 281 g/mol. The Morgan fingerprint density at radius 1 is 1.35 bits per heavy atom. The van der Waals surface area contributed by atoms with Gasteiger partial charge in [-0.2, -0.15) is 13.2 Å². The number of ether oxygens (including phenoxy) is 1. The third-order valence-corrected chi connectivity index (χ3v) is 2.03. The highest BCUT2D eigenvalue weighted by Gasteiger charge is 2.27. The van der Waals surface area contributed by atoms with Crippen LogP contribution in [0.5, 0.6) is 0 Å². The first-order chi connectivity index (χ1) is 9.28. The van der Waals surface area contributed by atoms with Gasteiger partial charge in [0, 0.05) is 12.7 Å². The van der Waals surface area contributed by atoms with Crippen LogP contribution in [0.3, 0.4) is 0 Å². The van der Waals surface area contributed by atoms with Gasteiger partial charge in [-0.1, -0.05) is 6.07 Å². The van der Waals surface area contributed by atoms with E-state index < -0.39 is 31.3 Å². The number of carbonyl (C=O) groups is 2. The van der Waals surface area contributed by atoms with Gasteiger partial charge in [0.05, 0.1) is 0 Å². The lowest BCUT2D eigenvalue weighted by Crippen LogP contribution is -2.29. The van der Waals surface area contributed by atoms with Crippen molar-refractivity contribution in [3.8, 4) is 0 Å². The SMILES string of the molecule is O=C(COCC(F)(F)F)NCc1ccc(C(=O)O)nc1. The van der Waals surface area contributed by atoms with Gasteiger partial charge in [0.1, 0.15) is 18.9 Å². The zero-order chi connectivity index (χ0) is 15.2. The number of nitrogens with one attached hydrogen (secondary N) is 1. The van der Waals surface area contributed by atoms with E-state index in [1.165, 1.54) is 18.3 Å². The van der Waals surface area contributed by atoms with Crippen LogP contribution in [0.4, 0.5) is 13.2 Å². The van der Waals surface area contributed by atoms with E-state index >= 15 is 0 Å². The number of amides is 1. The highest BCUT2D eigenvalue weighted by Crippen LogP contribution is 2.14. The summed E-state index contributed by atoms with van der Waals surface area (Å²) < 4.78 is 39.4. The lowest BCUT2D eigenvalue weighted by Gasteiger charge is -2.08. The number of nitrogens with zero attached hydrogens (tertiary/aromatic N) is 1. The number of hydrogen-bond donors (Lipinski definition) is 2. The number of alkyl halides is 3. The van der Waals surface area contributed by atoms with Crippen molar-refractivity contribution in [2.45, 2.75) is 12.7 Å². The number of carbonyl (C=O) groups excluding carboxylic acids is 1. The Labute approximate surface area is 111 Å². The second-order valence-electron chi connectivity index (χ2n) is 3.74. The van der Waals surface area contributed by atoms with Gasteiger partial charge in [-0.25, -0.2) is 9.78 Å². The normalized spacial score (nSPS) is 11.2. The Kier molecular flexibility index (Phi) is 5.44. The van der Waals surface area contributed by atoms with Crippen molar-refractivity contribution in [2.75, 3.05) is 13.2 Å². The Bertz CT molecular complexity index is 474. The summed E-state index contributed by atoms with van der Waals surface area (Å²) >= 11 is 0. The average Bonchev–Trinajstić information content (AvgIpc) is 2.35. The zero-order valence-corrected chi connectivity index (χ0v) is 10.1. The Morgan fingerprint density at radius 3 is 2.55 bits per heavy atom. The molecular formula is C11H11F3N2O4. The van der Waals surface area contributed by atoms with Gasteiger partial charge in [0.15, 0.2) is 0 Å². The molecule has 0 unspecified atom stereocenters. The molecule has 0 aliphatic heterocycles. The summed E-state index contributed by atoms with van der Waals surface area (Å²) in [6, 6.07) is 2.69. The fourth-order valence-electron chi connectivity index (χ4n) is 1.17. The van der Waals surface area contributed by atoms with Crippen molar-refractivity contribution in [1.82, 2.24) is 10.3 Å². The summed E-state index contributed by atoms with van der Waals surface area (Å²) in [4.78, 5) is 25.3. The van der Waals surface area contributed by atoms with Crippen LogP contribution in [-0.4, -0.2) is 41.4 Å². The van der Waals surface area contributed by atoms with Gasteiger partial charge < -0.3 is 15.2 Å². The number of carboxylic acid groups (broad SMARTS) is 1. The highest BCUT2D eigenvalue weighted by molar-refractivity contribution is 5.85. The highest BCUT2D eigenvalue weighted by atomic mass is 19.4. The minimum absolute atomic E-state index is 0.0150. The molecule has 0 aliphatic carbocycles. The van der Waals surface area contributed by atoms with Crippen LogP contribution in [0, 0.1) is 0 Å². The molecule has 0 atom stereocenters. The first-order valence-electron chi connectivity index (χ1n) is 5.37. The van der Waals surface area contributed by atoms with Crippen LogP contribution in [-0.2, 0) is 16.1 Å². The maximum atomic E-state index is 11.7. The molecule has 0 saturated heterocycles. The molecule has 2 N–H and O–H groups in total. The second-order valence-corrected chi connectivity index (χ2v) is 3.74. The number of aromatic carboxylic acids is 1. The maximum Gasteiger partial charge on any atom is 0.411 e. The second kappa shape index (κ2) is 6.85. The van der Waals surface area contributed by atoms with Gasteiger partial charge in [-0.05, 0) is 11.6 Å². The Morgan fingerprint density at radius 2 is 2.05 bits per heavy atom. The molecule has 0 aromatic carbocycles. The Balaban J connectivity index is 2.32. The molecule has 1 rings (SSSR count). The van der Waals surface area contributed by atoms with E-state index in [9.17, 15) is 22.8 Å². The van der Waals surface area contributed by atoms with Crippen molar-refractivity contribution >= 4 is 11.9 Å². The summed E-state index contributed by atoms with van der Waals surface area (Å²) in [5.74, 6) is -1.89. The summed E-state index contributed by atoms with van der Waals surface area (Å²) in [6.45, 7) is -2.18. The topological polar surface area (TPSA) is 88.5 Å². The first-order valence-corrected chi connectivity index (χ1v) is 5.37. The molecule has 1 amide bonds. The molecule has 6 nitrogen and oxygen atoms in total. The van der Waals surface area contributed by atoms with Crippen molar-refractivity contribution in [1.29, 1.82) is 0 Å². The minimum Gasteiger partial charge on any atom is -0.477 e. The van der Waals surface area contributed by atoms with Crippen LogP contribution in [0.2, 0.25) is 0 Å². The molecule has 0 bridgehead atoms. The number of aromatic nitrogens is 1. The summed E-state index contributed by atoms with van der Waals surface area (Å²) in [7, 11) is 0. The van der Waals surface area contributed by atoms with Crippen LogP contribution < -0.4 is 5.32 Å². The van der Waals surface area contributed by atoms with Gasteiger partial charge in [0.2, 0.25) is 5.91 Å². The zero-order valence-electron chi connectivity index (χ0n) is 10.1. The number of pyridine rings is 1. The molecule has 0 spiro atoms. The van der Waals surface area contributed by atoms with E-state index in [1.807, 2.05) is 0 Å². The van der Waals surface area contributed by atoms with Gasteiger partial charge >= 0.3 is 12.1 Å². The van der Waals surface area contributed by atoms with Crippen LogP contribution in [0.1, 0.15) is 16.1 Å². The van der Waals surface area contributed by atoms with E-state index in [0.29, 0.717) is 5.56 Å². The Hall–Kier alpha value is -2.16. The molecule has 0 aliphatic rings. The minimum atomic E-state index is -4.48. The third kappa shape index (κ3) is 6.14. The quantitative estimate of drug-likeness (QED) is 0.815. The van der Waals surface area contributed by atoms with E-state index in [-0.39, 0.29) is 12.2 Å². The van der Waals surface area contributed by atoms with Gasteiger partial charge in [-0.15, -0.1) is 0 Å². The number of hydrogen-bond acceptors (Lipinski definition) is 4. The summed E-state index contributed by atoms with van der Waals surface area (Å²) in [5.41, 5.74) is 0.368. The van der Waals surface area contributed by atoms with E-state index in [4.69, 9.17) is 5.11 Å². The van der Waals surface area contributed by atoms with Crippen molar-refractivity contribution in [2.24, 2.45) is 0 Å². The summed E-state index contributed by atoms with van der Waals surface area (Å²) in [5, 5.41) is 10.9. The largest absolute Gasteiger partial charge is 0.477 e. The van der Waals surface area contributed by atoms with Crippen molar-refractivity contribution in [3.63, 3.8) is 0 Å². The molecule has 20 heavy (non-hydrogen) atoms. The van der Waals surface area contributed by atoms with Crippen molar-refractivity contribution < 1.29 is 32.6 Å². The lowest BCUT2D eigenvalue weighted by molar-refractivity contribution is -0.175. The molecule has 0 saturated carbocycles. The fraction of sp³-hybridized carbons (Fsp3) is 0.364. The standard InChI is InChI=1S/C11H11F3N2O4/c12-11(13,14)6-20-5-9(17)16-4-7-1-2-8(10(18)19)15-3-7/h1-3H,4-6H2,(H,16,17)(H,18,19). The van der Waals surface area contributed by atoms with Crippen LogP contribution >= 0.6 is 0 Å². The molecule has 1 aromatic heterocycles. The molecule has 9 heteroatoms. The smallest absolute Gasteiger partial charge is 0.411 e. The number of halogens is 3. The summed E-state index contributed by atoms with van der Waals surface area (Å²) in [6.07, 6.45) is -3.23. The number of rotatable bonds is 6. The molecule has 1 heterocycles. The van der Waals surface area contributed by atoms with Crippen LogP contribution in [0.15, 0.2) is 18.3 Å². The first kappa shape index (κ1) is 15.9. The predicted molar refractivity (Wildman–Crippen MR) is 59.9 cm³/mol. The van der Waals surface area contributed by atoms with E-state index in [1.54, 1.807) is 0 Å². The molecule has 1 aromatic rings.